The predicted octanol–water partition coefficient (Wildman–Crippen LogP) is 0.221. The van der Waals surface area contributed by atoms with Crippen molar-refractivity contribution in [1.82, 2.24) is 10.1 Å². The minimum Gasteiger partial charge on any atom is -0.478 e. The summed E-state index contributed by atoms with van der Waals surface area (Å²) < 4.78 is 4.61. The number of carboxylic acid groups (broad SMARTS) is 1. The lowest BCUT2D eigenvalue weighted by molar-refractivity contribution is -0.131. The molecule has 1 atom stereocenters. The Balaban J connectivity index is 2.75. The topological polar surface area (TPSA) is 96.5 Å². The number of hydrogen-bond acceptors (Lipinski definition) is 5. The van der Waals surface area contributed by atoms with Gasteiger partial charge in [0.1, 0.15) is 6.10 Å². The number of aliphatic carboxylic acids is 1. The second kappa shape index (κ2) is 3.81. The van der Waals surface area contributed by atoms with Gasteiger partial charge in [-0.25, -0.2) is 4.79 Å². The number of aliphatic hydroxyl groups excluding tert-OH is 1. The molecule has 0 saturated carbocycles. The lowest BCUT2D eigenvalue weighted by Crippen LogP contribution is -1.93. The van der Waals surface area contributed by atoms with Crippen LogP contribution in [0.4, 0.5) is 0 Å². The molecule has 1 aromatic heterocycles. The normalized spacial score (nSPS) is 13.4. The minimum absolute atomic E-state index is 0.0540. The van der Waals surface area contributed by atoms with Crippen LogP contribution in [0.25, 0.3) is 6.08 Å². The molecule has 0 saturated heterocycles. The van der Waals surface area contributed by atoms with Gasteiger partial charge < -0.3 is 14.7 Å². The fourth-order valence-corrected chi connectivity index (χ4v) is 0.627. The fourth-order valence-electron chi connectivity index (χ4n) is 0.627. The SMILES string of the molecule is C[C@@H](O)c1noc(/C=C/C(=O)O)n1. The number of hydrogen-bond donors (Lipinski definition) is 2. The van der Waals surface area contributed by atoms with E-state index in [2.05, 4.69) is 14.7 Å². The number of nitrogens with zero attached hydrogens (tertiary/aromatic N) is 2. The first-order valence-electron chi connectivity index (χ1n) is 3.52. The van der Waals surface area contributed by atoms with Crippen LogP contribution in [0, 0.1) is 0 Å². The molecule has 6 heteroatoms. The van der Waals surface area contributed by atoms with Crippen LogP contribution < -0.4 is 0 Å². The molecule has 0 aliphatic rings. The van der Waals surface area contributed by atoms with Gasteiger partial charge in [-0.1, -0.05) is 5.16 Å². The second-order valence-electron chi connectivity index (χ2n) is 2.34. The Kier molecular flexibility index (Phi) is 2.76. The molecule has 1 rings (SSSR count). The van der Waals surface area contributed by atoms with Gasteiger partial charge >= 0.3 is 5.97 Å². The van der Waals surface area contributed by atoms with E-state index in [-0.39, 0.29) is 11.7 Å². The maximum atomic E-state index is 10.1. The van der Waals surface area contributed by atoms with Crippen LogP contribution in [-0.2, 0) is 4.79 Å². The van der Waals surface area contributed by atoms with E-state index in [0.717, 1.165) is 12.2 Å². The molecule has 0 aliphatic carbocycles. The summed E-state index contributed by atoms with van der Waals surface area (Å²) in [4.78, 5) is 13.8. The molecular formula is C7H8N2O4. The highest BCUT2D eigenvalue weighted by Gasteiger charge is 2.08. The minimum atomic E-state index is -1.10. The molecule has 13 heavy (non-hydrogen) atoms. The molecule has 1 aromatic rings. The standard InChI is InChI=1S/C7H8N2O4/c1-4(10)7-8-5(13-9-7)2-3-6(11)12/h2-4,10H,1H3,(H,11,12)/b3-2+/t4-/m1/s1. The van der Waals surface area contributed by atoms with Crippen LogP contribution in [0.1, 0.15) is 24.7 Å². The molecule has 0 amide bonds. The van der Waals surface area contributed by atoms with Crippen molar-refractivity contribution >= 4 is 12.0 Å². The van der Waals surface area contributed by atoms with E-state index >= 15 is 0 Å². The molecule has 0 radical (unpaired) electrons. The van der Waals surface area contributed by atoms with Gasteiger partial charge in [0.05, 0.1) is 0 Å². The second-order valence-corrected chi connectivity index (χ2v) is 2.34. The van der Waals surface area contributed by atoms with Gasteiger partial charge in [0.25, 0.3) is 5.89 Å². The monoisotopic (exact) mass is 184 g/mol. The van der Waals surface area contributed by atoms with E-state index in [9.17, 15) is 4.79 Å². The molecule has 6 nitrogen and oxygen atoms in total. The molecule has 0 spiro atoms. The number of aromatic nitrogens is 2. The average Bonchev–Trinajstić information content (AvgIpc) is 2.48. The van der Waals surface area contributed by atoms with Crippen molar-refractivity contribution < 1.29 is 19.5 Å². The van der Waals surface area contributed by atoms with E-state index in [1.807, 2.05) is 0 Å². The third-order valence-corrected chi connectivity index (χ3v) is 1.20. The molecule has 0 bridgehead atoms. The van der Waals surface area contributed by atoms with Crippen LogP contribution in [0.5, 0.6) is 0 Å². The average molecular weight is 184 g/mol. The van der Waals surface area contributed by atoms with Crippen molar-refractivity contribution in [2.45, 2.75) is 13.0 Å². The summed E-state index contributed by atoms with van der Waals surface area (Å²) in [5.41, 5.74) is 0. The van der Waals surface area contributed by atoms with Gasteiger partial charge in [-0.15, -0.1) is 0 Å². The van der Waals surface area contributed by atoms with E-state index < -0.39 is 12.1 Å². The maximum Gasteiger partial charge on any atom is 0.328 e. The third-order valence-electron chi connectivity index (χ3n) is 1.20. The van der Waals surface area contributed by atoms with Crippen LogP contribution in [-0.4, -0.2) is 26.3 Å². The van der Waals surface area contributed by atoms with E-state index in [1.54, 1.807) is 0 Å². The van der Waals surface area contributed by atoms with Crippen molar-refractivity contribution in [2.75, 3.05) is 0 Å². The van der Waals surface area contributed by atoms with E-state index in [4.69, 9.17) is 10.2 Å². The van der Waals surface area contributed by atoms with Gasteiger partial charge in [0, 0.05) is 12.2 Å². The Morgan fingerprint density at radius 1 is 1.69 bits per heavy atom. The highest BCUT2D eigenvalue weighted by molar-refractivity contribution is 5.84. The molecular weight excluding hydrogens is 176 g/mol. The summed E-state index contributed by atoms with van der Waals surface area (Å²) in [7, 11) is 0. The largest absolute Gasteiger partial charge is 0.478 e. The molecule has 0 fully saturated rings. The van der Waals surface area contributed by atoms with Crippen LogP contribution in [0.2, 0.25) is 0 Å². The Labute approximate surface area is 73.5 Å². The fraction of sp³-hybridized carbons (Fsp3) is 0.286. The number of rotatable bonds is 3. The number of carboxylic acids is 1. The molecule has 2 N–H and O–H groups in total. The Hall–Kier alpha value is -1.69. The van der Waals surface area contributed by atoms with Crippen molar-refractivity contribution in [3.63, 3.8) is 0 Å². The highest BCUT2D eigenvalue weighted by atomic mass is 16.5. The first-order valence-corrected chi connectivity index (χ1v) is 3.52. The van der Waals surface area contributed by atoms with Gasteiger partial charge in [0.15, 0.2) is 5.82 Å². The summed E-state index contributed by atoms with van der Waals surface area (Å²) >= 11 is 0. The zero-order valence-corrected chi connectivity index (χ0v) is 6.84. The van der Waals surface area contributed by atoms with Gasteiger partial charge in [-0.05, 0) is 6.92 Å². The first-order chi connectivity index (χ1) is 6.09. The summed E-state index contributed by atoms with van der Waals surface area (Å²) in [6.07, 6.45) is 1.20. The highest BCUT2D eigenvalue weighted by Crippen LogP contribution is 2.07. The summed E-state index contributed by atoms with van der Waals surface area (Å²) in [5, 5.41) is 20.7. The van der Waals surface area contributed by atoms with Crippen molar-refractivity contribution in [2.24, 2.45) is 0 Å². The molecule has 0 unspecified atom stereocenters. The summed E-state index contributed by atoms with van der Waals surface area (Å²) in [6, 6.07) is 0. The Bertz CT molecular complexity index is 329. The summed E-state index contributed by atoms with van der Waals surface area (Å²) in [6.45, 7) is 1.48. The van der Waals surface area contributed by atoms with Crippen molar-refractivity contribution in [3.05, 3.63) is 17.8 Å². The van der Waals surface area contributed by atoms with Gasteiger partial charge in [-0.3, -0.25) is 0 Å². The first kappa shape index (κ1) is 9.40. The van der Waals surface area contributed by atoms with E-state index in [1.165, 1.54) is 6.92 Å². The third kappa shape index (κ3) is 2.68. The van der Waals surface area contributed by atoms with Crippen molar-refractivity contribution in [1.29, 1.82) is 0 Å². The molecule has 0 aliphatic heterocycles. The smallest absolute Gasteiger partial charge is 0.328 e. The van der Waals surface area contributed by atoms with Crippen molar-refractivity contribution in [3.8, 4) is 0 Å². The predicted molar refractivity (Wildman–Crippen MR) is 41.6 cm³/mol. The summed E-state index contributed by atoms with van der Waals surface area (Å²) in [5.74, 6) is -0.917. The lowest BCUT2D eigenvalue weighted by atomic mass is 10.4. The van der Waals surface area contributed by atoms with Crippen LogP contribution in [0.15, 0.2) is 10.6 Å². The van der Waals surface area contributed by atoms with Crippen LogP contribution in [0.3, 0.4) is 0 Å². The molecule has 0 aromatic carbocycles. The van der Waals surface area contributed by atoms with E-state index in [0.29, 0.717) is 0 Å². The van der Waals surface area contributed by atoms with Crippen LogP contribution >= 0.6 is 0 Å². The molecule has 1 heterocycles. The Morgan fingerprint density at radius 3 is 2.85 bits per heavy atom. The van der Waals surface area contributed by atoms with Gasteiger partial charge in [-0.2, -0.15) is 4.98 Å². The van der Waals surface area contributed by atoms with Gasteiger partial charge in [0.2, 0.25) is 0 Å². The lowest BCUT2D eigenvalue weighted by Gasteiger charge is -1.90. The Morgan fingerprint density at radius 2 is 2.38 bits per heavy atom. The zero-order valence-electron chi connectivity index (χ0n) is 6.84. The zero-order chi connectivity index (χ0) is 9.84. The number of carbonyl (C=O) groups is 1. The quantitative estimate of drug-likeness (QED) is 0.652. The number of aliphatic hydroxyl groups is 1. The molecule has 70 valence electrons. The maximum absolute atomic E-state index is 10.1.